The van der Waals surface area contributed by atoms with Crippen LogP contribution in [0.4, 0.5) is 0 Å². The normalized spacial score (nSPS) is 12.1. The third-order valence-electron chi connectivity index (χ3n) is 3.00. The van der Waals surface area contributed by atoms with E-state index >= 15 is 0 Å². The molecule has 21 heavy (non-hydrogen) atoms. The molecular formula is C14H20ClNO5. The molecule has 0 bridgehead atoms. The van der Waals surface area contributed by atoms with Crippen LogP contribution in [-0.4, -0.2) is 49.5 Å². The minimum absolute atomic E-state index is 0. The molecule has 1 N–H and O–H groups in total. The molecule has 1 heterocycles. The van der Waals surface area contributed by atoms with Gasteiger partial charge in [0.1, 0.15) is 5.75 Å². The lowest BCUT2D eigenvalue weighted by molar-refractivity contribution is -0.137. The third-order valence-corrected chi connectivity index (χ3v) is 3.00. The second-order valence-electron chi connectivity index (χ2n) is 4.66. The molecule has 0 fully saturated rings. The summed E-state index contributed by atoms with van der Waals surface area (Å²) in [6, 6.07) is 5.49. The number of benzene rings is 1. The summed E-state index contributed by atoms with van der Waals surface area (Å²) in [6.07, 6.45) is 1.00. The highest BCUT2D eigenvalue weighted by Gasteiger charge is 2.13. The number of hydrogen-bond acceptors (Lipinski definition) is 5. The number of aliphatic carboxylic acids is 1. The number of hydrogen-bond donors (Lipinski definition) is 1. The van der Waals surface area contributed by atoms with Crippen LogP contribution >= 0.6 is 12.4 Å². The summed E-state index contributed by atoms with van der Waals surface area (Å²) in [5, 5.41) is 8.59. The number of carboxylic acid groups (broad SMARTS) is 1. The van der Waals surface area contributed by atoms with E-state index in [1.807, 2.05) is 30.1 Å². The lowest BCUT2D eigenvalue weighted by atomic mass is 10.3. The summed E-state index contributed by atoms with van der Waals surface area (Å²) in [5.41, 5.74) is 0. The van der Waals surface area contributed by atoms with E-state index in [-0.39, 0.29) is 25.6 Å². The molecule has 6 nitrogen and oxygen atoms in total. The Morgan fingerprint density at radius 2 is 2.10 bits per heavy atom. The first kappa shape index (κ1) is 17.4. The summed E-state index contributed by atoms with van der Waals surface area (Å²) < 4.78 is 16.1. The number of rotatable bonds is 8. The van der Waals surface area contributed by atoms with Crippen LogP contribution in [0.3, 0.4) is 0 Å². The van der Waals surface area contributed by atoms with Crippen molar-refractivity contribution in [2.24, 2.45) is 0 Å². The van der Waals surface area contributed by atoms with Crippen LogP contribution in [0.5, 0.6) is 17.2 Å². The zero-order chi connectivity index (χ0) is 14.4. The molecule has 7 heteroatoms. The highest BCUT2D eigenvalue weighted by atomic mass is 35.5. The summed E-state index contributed by atoms with van der Waals surface area (Å²) in [7, 11) is 1.91. The van der Waals surface area contributed by atoms with Crippen molar-refractivity contribution in [3.63, 3.8) is 0 Å². The average Bonchev–Trinajstić information content (AvgIpc) is 2.88. The number of ether oxygens (including phenoxy) is 3. The Labute approximate surface area is 130 Å². The van der Waals surface area contributed by atoms with Crippen LogP contribution in [0.2, 0.25) is 0 Å². The maximum Gasteiger partial charge on any atom is 0.304 e. The fourth-order valence-corrected chi connectivity index (χ4v) is 1.89. The SMILES string of the molecule is CN(CCCOc1ccc2c(c1)OCO2)CCC(=O)O.Cl. The van der Waals surface area contributed by atoms with Gasteiger partial charge in [-0.1, -0.05) is 0 Å². The second-order valence-corrected chi connectivity index (χ2v) is 4.66. The first-order valence-corrected chi connectivity index (χ1v) is 6.58. The van der Waals surface area contributed by atoms with Crippen molar-refractivity contribution in [3.05, 3.63) is 18.2 Å². The molecule has 1 aliphatic heterocycles. The van der Waals surface area contributed by atoms with Crippen molar-refractivity contribution in [1.29, 1.82) is 0 Å². The fourth-order valence-electron chi connectivity index (χ4n) is 1.89. The maximum absolute atomic E-state index is 10.4. The van der Waals surface area contributed by atoms with Crippen molar-refractivity contribution in [2.45, 2.75) is 12.8 Å². The molecule has 0 spiro atoms. The van der Waals surface area contributed by atoms with Crippen molar-refractivity contribution in [1.82, 2.24) is 4.90 Å². The van der Waals surface area contributed by atoms with E-state index in [2.05, 4.69) is 0 Å². The maximum atomic E-state index is 10.4. The van der Waals surface area contributed by atoms with Gasteiger partial charge in [-0.15, -0.1) is 12.4 Å². The van der Waals surface area contributed by atoms with Crippen molar-refractivity contribution >= 4 is 18.4 Å². The molecule has 0 radical (unpaired) electrons. The topological polar surface area (TPSA) is 68.2 Å². The monoisotopic (exact) mass is 317 g/mol. The summed E-state index contributed by atoms with van der Waals surface area (Å²) in [4.78, 5) is 12.4. The smallest absolute Gasteiger partial charge is 0.304 e. The Morgan fingerprint density at radius 3 is 2.86 bits per heavy atom. The van der Waals surface area contributed by atoms with Crippen LogP contribution in [0.1, 0.15) is 12.8 Å². The zero-order valence-electron chi connectivity index (χ0n) is 11.9. The van der Waals surface area contributed by atoms with Gasteiger partial charge in [-0.2, -0.15) is 0 Å². The number of fused-ring (bicyclic) bond motifs is 1. The first-order chi connectivity index (χ1) is 9.65. The van der Waals surface area contributed by atoms with Gasteiger partial charge in [0, 0.05) is 19.2 Å². The second kappa shape index (κ2) is 8.59. The van der Waals surface area contributed by atoms with Crippen LogP contribution in [0.15, 0.2) is 18.2 Å². The van der Waals surface area contributed by atoms with E-state index in [0.717, 1.165) is 24.5 Å². The van der Waals surface area contributed by atoms with E-state index < -0.39 is 5.97 Å². The van der Waals surface area contributed by atoms with Gasteiger partial charge in [0.2, 0.25) is 6.79 Å². The minimum Gasteiger partial charge on any atom is -0.493 e. The summed E-state index contributed by atoms with van der Waals surface area (Å²) in [6.45, 7) is 2.20. The summed E-state index contributed by atoms with van der Waals surface area (Å²) in [5.74, 6) is 1.43. The average molecular weight is 318 g/mol. The number of carboxylic acids is 1. The van der Waals surface area contributed by atoms with Crippen molar-refractivity contribution in [2.75, 3.05) is 33.5 Å². The third kappa shape index (κ3) is 5.69. The van der Waals surface area contributed by atoms with Crippen molar-refractivity contribution in [3.8, 4) is 17.2 Å². The number of carbonyl (C=O) groups is 1. The number of halogens is 1. The fraction of sp³-hybridized carbons (Fsp3) is 0.500. The molecule has 0 saturated heterocycles. The molecule has 2 rings (SSSR count). The quantitative estimate of drug-likeness (QED) is 0.740. The van der Waals surface area contributed by atoms with E-state index in [9.17, 15) is 4.79 Å². The van der Waals surface area contributed by atoms with E-state index in [1.54, 1.807) is 0 Å². The molecule has 0 saturated carbocycles. The van der Waals surface area contributed by atoms with Gasteiger partial charge in [-0.05, 0) is 25.6 Å². The minimum atomic E-state index is -0.770. The van der Waals surface area contributed by atoms with Gasteiger partial charge in [0.25, 0.3) is 0 Å². The van der Waals surface area contributed by atoms with Crippen molar-refractivity contribution < 1.29 is 24.1 Å². The van der Waals surface area contributed by atoms with Gasteiger partial charge in [-0.3, -0.25) is 4.79 Å². The highest BCUT2D eigenvalue weighted by molar-refractivity contribution is 5.85. The van der Waals surface area contributed by atoms with Gasteiger partial charge >= 0.3 is 5.97 Å². The highest BCUT2D eigenvalue weighted by Crippen LogP contribution is 2.35. The predicted octanol–water partition coefficient (Wildman–Crippen LogP) is 2.01. The Bertz CT molecular complexity index is 469. The van der Waals surface area contributed by atoms with Gasteiger partial charge in [0.05, 0.1) is 13.0 Å². The standard InChI is InChI=1S/C14H19NO5.ClH/c1-15(7-5-14(16)17)6-2-8-18-11-3-4-12-13(9-11)20-10-19-12;/h3-4,9H,2,5-8,10H2,1H3,(H,16,17);1H. The van der Waals surface area contributed by atoms with Gasteiger partial charge < -0.3 is 24.2 Å². The molecule has 0 atom stereocenters. The number of nitrogens with zero attached hydrogens (tertiary/aromatic N) is 1. The molecular weight excluding hydrogens is 298 g/mol. The Kier molecular flexibility index (Phi) is 7.11. The van der Waals surface area contributed by atoms with Gasteiger partial charge in [0.15, 0.2) is 11.5 Å². The molecule has 118 valence electrons. The van der Waals surface area contributed by atoms with E-state index in [1.165, 1.54) is 0 Å². The van der Waals surface area contributed by atoms with Crippen LogP contribution < -0.4 is 14.2 Å². The summed E-state index contributed by atoms with van der Waals surface area (Å²) >= 11 is 0. The molecule has 0 unspecified atom stereocenters. The largest absolute Gasteiger partial charge is 0.493 e. The van der Waals surface area contributed by atoms with Crippen LogP contribution in [0.25, 0.3) is 0 Å². The lowest BCUT2D eigenvalue weighted by Crippen LogP contribution is -2.24. The van der Waals surface area contributed by atoms with Crippen LogP contribution in [-0.2, 0) is 4.79 Å². The van der Waals surface area contributed by atoms with Gasteiger partial charge in [-0.25, -0.2) is 0 Å². The van der Waals surface area contributed by atoms with E-state index in [0.29, 0.717) is 18.9 Å². The first-order valence-electron chi connectivity index (χ1n) is 6.58. The Hall–Kier alpha value is -1.66. The lowest BCUT2D eigenvalue weighted by Gasteiger charge is -2.15. The molecule has 1 aromatic rings. The van der Waals surface area contributed by atoms with E-state index in [4.69, 9.17) is 19.3 Å². The Balaban J connectivity index is 0.00000220. The molecule has 0 aliphatic carbocycles. The molecule has 0 amide bonds. The molecule has 1 aromatic carbocycles. The molecule has 1 aliphatic rings. The Morgan fingerprint density at radius 1 is 1.33 bits per heavy atom. The zero-order valence-corrected chi connectivity index (χ0v) is 12.7. The van der Waals surface area contributed by atoms with Crippen LogP contribution in [0, 0.1) is 0 Å². The molecule has 0 aromatic heterocycles. The predicted molar refractivity (Wildman–Crippen MR) is 79.7 cm³/mol.